The van der Waals surface area contributed by atoms with Crippen LogP contribution in [0.5, 0.6) is 0 Å². The predicted molar refractivity (Wildman–Crippen MR) is 60.1 cm³/mol. The van der Waals surface area contributed by atoms with Gasteiger partial charge in [-0.05, 0) is 26.1 Å². The van der Waals surface area contributed by atoms with Crippen LogP contribution in [0.25, 0.3) is 0 Å². The first-order valence-corrected chi connectivity index (χ1v) is 5.28. The first kappa shape index (κ1) is 10.2. The van der Waals surface area contributed by atoms with E-state index in [1.165, 1.54) is 0 Å². The molecule has 1 fully saturated rings. The third-order valence-corrected chi connectivity index (χ3v) is 2.59. The Bertz CT molecular complexity index is 337. The monoisotopic (exact) mass is 207 g/mol. The summed E-state index contributed by atoms with van der Waals surface area (Å²) in [5.74, 6) is 1.75. The molecule has 1 aromatic rings. The van der Waals surface area contributed by atoms with Gasteiger partial charge in [0.05, 0.1) is 6.21 Å². The second kappa shape index (κ2) is 4.49. The van der Waals surface area contributed by atoms with E-state index in [1.54, 1.807) is 6.21 Å². The Morgan fingerprint density at radius 1 is 1.27 bits per heavy atom. The van der Waals surface area contributed by atoms with E-state index in [4.69, 9.17) is 4.42 Å². The number of piperazine rings is 1. The van der Waals surface area contributed by atoms with Gasteiger partial charge < -0.3 is 9.32 Å². The van der Waals surface area contributed by atoms with E-state index in [9.17, 15) is 0 Å². The van der Waals surface area contributed by atoms with Crippen molar-refractivity contribution >= 4 is 6.21 Å². The molecule has 0 spiro atoms. The average molecular weight is 207 g/mol. The van der Waals surface area contributed by atoms with Gasteiger partial charge in [0.25, 0.3) is 0 Å². The Kier molecular flexibility index (Phi) is 3.06. The second-order valence-electron chi connectivity index (χ2n) is 3.95. The molecule has 1 aliphatic heterocycles. The van der Waals surface area contributed by atoms with Gasteiger partial charge >= 0.3 is 0 Å². The summed E-state index contributed by atoms with van der Waals surface area (Å²) in [4.78, 5) is 2.31. The van der Waals surface area contributed by atoms with Crippen molar-refractivity contribution in [3.63, 3.8) is 0 Å². The number of aryl methyl sites for hydroxylation is 1. The summed E-state index contributed by atoms with van der Waals surface area (Å²) in [5, 5.41) is 6.47. The summed E-state index contributed by atoms with van der Waals surface area (Å²) >= 11 is 0. The van der Waals surface area contributed by atoms with Gasteiger partial charge in [-0.25, -0.2) is 0 Å². The fraction of sp³-hybridized carbons (Fsp3) is 0.545. The van der Waals surface area contributed by atoms with Gasteiger partial charge in [-0.3, -0.25) is 5.01 Å². The van der Waals surface area contributed by atoms with Gasteiger partial charge in [-0.1, -0.05) is 0 Å². The number of likely N-dealkylation sites (N-methyl/N-ethyl adjacent to an activating group) is 1. The maximum Gasteiger partial charge on any atom is 0.147 e. The van der Waals surface area contributed by atoms with Crippen LogP contribution >= 0.6 is 0 Å². The molecule has 0 radical (unpaired) electrons. The van der Waals surface area contributed by atoms with E-state index in [1.807, 2.05) is 19.1 Å². The molecule has 2 rings (SSSR count). The number of nitrogens with zero attached hydrogens (tertiary/aromatic N) is 3. The zero-order chi connectivity index (χ0) is 10.7. The van der Waals surface area contributed by atoms with Crippen LogP contribution in [-0.4, -0.2) is 49.4 Å². The predicted octanol–water partition coefficient (Wildman–Crippen LogP) is 1.17. The molecule has 0 bridgehead atoms. The van der Waals surface area contributed by atoms with Crippen LogP contribution < -0.4 is 0 Å². The smallest absolute Gasteiger partial charge is 0.147 e. The van der Waals surface area contributed by atoms with Crippen molar-refractivity contribution in [2.45, 2.75) is 6.92 Å². The molecule has 0 N–H and O–H groups in total. The zero-order valence-electron chi connectivity index (χ0n) is 9.31. The highest BCUT2D eigenvalue weighted by molar-refractivity contribution is 5.75. The normalized spacial score (nSPS) is 18.9. The molecule has 0 atom stereocenters. The summed E-state index contributed by atoms with van der Waals surface area (Å²) in [6, 6.07) is 3.89. The number of hydrazone groups is 1. The summed E-state index contributed by atoms with van der Waals surface area (Å²) in [6.45, 7) is 6.08. The molecule has 0 aliphatic carbocycles. The van der Waals surface area contributed by atoms with Crippen molar-refractivity contribution in [2.75, 3.05) is 33.2 Å². The molecule has 0 unspecified atom stereocenters. The summed E-state index contributed by atoms with van der Waals surface area (Å²) in [7, 11) is 2.14. The molecule has 2 heterocycles. The lowest BCUT2D eigenvalue weighted by Crippen LogP contribution is -2.41. The number of hydrogen-bond acceptors (Lipinski definition) is 4. The zero-order valence-corrected chi connectivity index (χ0v) is 9.31. The molecule has 1 saturated heterocycles. The second-order valence-corrected chi connectivity index (χ2v) is 3.95. The van der Waals surface area contributed by atoms with Crippen LogP contribution in [0.4, 0.5) is 0 Å². The molecule has 15 heavy (non-hydrogen) atoms. The molecule has 4 nitrogen and oxygen atoms in total. The van der Waals surface area contributed by atoms with Gasteiger partial charge in [-0.15, -0.1) is 0 Å². The molecule has 1 aromatic heterocycles. The first-order chi connectivity index (χ1) is 7.24. The van der Waals surface area contributed by atoms with Crippen LogP contribution in [0.15, 0.2) is 21.7 Å². The molecule has 0 amide bonds. The van der Waals surface area contributed by atoms with Crippen LogP contribution in [0.3, 0.4) is 0 Å². The number of furan rings is 1. The quantitative estimate of drug-likeness (QED) is 0.682. The molecular weight excluding hydrogens is 190 g/mol. The van der Waals surface area contributed by atoms with Gasteiger partial charge in [-0.2, -0.15) is 5.10 Å². The summed E-state index contributed by atoms with van der Waals surface area (Å²) < 4.78 is 5.41. The van der Waals surface area contributed by atoms with Crippen LogP contribution in [-0.2, 0) is 0 Å². The van der Waals surface area contributed by atoms with Gasteiger partial charge in [0, 0.05) is 26.2 Å². The average Bonchev–Trinajstić information content (AvgIpc) is 2.64. The van der Waals surface area contributed by atoms with Gasteiger partial charge in [0.15, 0.2) is 0 Å². The standard InChI is InChI=1S/C11H17N3O/c1-10-3-4-11(15-10)9-12-14-7-5-13(2)6-8-14/h3-4,9H,5-8H2,1-2H3/b12-9-. The Balaban J connectivity index is 1.89. The highest BCUT2D eigenvalue weighted by Crippen LogP contribution is 2.04. The lowest BCUT2D eigenvalue weighted by Gasteiger charge is -2.30. The van der Waals surface area contributed by atoms with Crippen molar-refractivity contribution in [3.05, 3.63) is 23.7 Å². The summed E-state index contributed by atoms with van der Waals surface area (Å²) in [5.41, 5.74) is 0. The van der Waals surface area contributed by atoms with Gasteiger partial charge in [0.2, 0.25) is 0 Å². The third-order valence-electron chi connectivity index (χ3n) is 2.59. The molecule has 82 valence electrons. The number of rotatable bonds is 2. The Labute approximate surface area is 90.2 Å². The van der Waals surface area contributed by atoms with E-state index in [0.29, 0.717) is 0 Å². The van der Waals surface area contributed by atoms with Crippen LogP contribution in [0.1, 0.15) is 11.5 Å². The van der Waals surface area contributed by atoms with Crippen molar-refractivity contribution in [1.29, 1.82) is 0 Å². The number of hydrogen-bond donors (Lipinski definition) is 0. The van der Waals surface area contributed by atoms with E-state index in [2.05, 4.69) is 22.1 Å². The third kappa shape index (κ3) is 2.83. The van der Waals surface area contributed by atoms with Crippen molar-refractivity contribution in [2.24, 2.45) is 5.10 Å². The van der Waals surface area contributed by atoms with Crippen LogP contribution in [0.2, 0.25) is 0 Å². The maximum atomic E-state index is 5.41. The fourth-order valence-electron chi connectivity index (χ4n) is 1.57. The minimum atomic E-state index is 0.825. The lowest BCUT2D eigenvalue weighted by atomic mass is 10.4. The molecule has 0 saturated carbocycles. The first-order valence-electron chi connectivity index (χ1n) is 5.28. The topological polar surface area (TPSA) is 32.0 Å². The fourth-order valence-corrected chi connectivity index (χ4v) is 1.57. The van der Waals surface area contributed by atoms with E-state index in [0.717, 1.165) is 37.7 Å². The molecular formula is C11H17N3O. The Morgan fingerprint density at radius 2 is 2.00 bits per heavy atom. The van der Waals surface area contributed by atoms with Crippen molar-refractivity contribution in [3.8, 4) is 0 Å². The Hall–Kier alpha value is -1.29. The molecule has 4 heteroatoms. The minimum absolute atomic E-state index is 0.825. The summed E-state index contributed by atoms with van der Waals surface area (Å²) in [6.07, 6.45) is 1.79. The maximum absolute atomic E-state index is 5.41. The Morgan fingerprint density at radius 3 is 2.60 bits per heavy atom. The van der Waals surface area contributed by atoms with E-state index in [-0.39, 0.29) is 0 Å². The van der Waals surface area contributed by atoms with Crippen LogP contribution in [0, 0.1) is 6.92 Å². The SMILES string of the molecule is Cc1ccc(/C=N\N2CCN(C)CC2)o1. The molecule has 0 aromatic carbocycles. The van der Waals surface area contributed by atoms with E-state index < -0.39 is 0 Å². The molecule has 1 aliphatic rings. The largest absolute Gasteiger partial charge is 0.460 e. The lowest BCUT2D eigenvalue weighted by molar-refractivity contribution is 0.159. The van der Waals surface area contributed by atoms with E-state index >= 15 is 0 Å². The highest BCUT2D eigenvalue weighted by atomic mass is 16.3. The van der Waals surface area contributed by atoms with Gasteiger partial charge in [0.1, 0.15) is 11.5 Å². The van der Waals surface area contributed by atoms with Crippen molar-refractivity contribution < 1.29 is 4.42 Å². The minimum Gasteiger partial charge on any atom is -0.460 e. The highest BCUT2D eigenvalue weighted by Gasteiger charge is 2.10. The van der Waals surface area contributed by atoms with Crippen molar-refractivity contribution in [1.82, 2.24) is 9.91 Å².